The molecule has 124 valence electrons. The molecule has 0 aliphatic carbocycles. The van der Waals surface area contributed by atoms with Gasteiger partial charge in [-0.25, -0.2) is 4.98 Å². The van der Waals surface area contributed by atoms with E-state index in [0.717, 1.165) is 48.9 Å². The molecule has 0 saturated heterocycles. The highest BCUT2D eigenvalue weighted by Crippen LogP contribution is 2.30. The van der Waals surface area contributed by atoms with Crippen LogP contribution in [-0.4, -0.2) is 30.3 Å². The maximum absolute atomic E-state index is 5.51. The Morgan fingerprint density at radius 2 is 2.09 bits per heavy atom. The molecule has 1 aromatic carbocycles. The fraction of sp³-hybridized carbons (Fsp3) is 0.500. The number of hydrogen-bond acceptors (Lipinski definition) is 4. The van der Waals surface area contributed by atoms with Crippen LogP contribution in [0.4, 0.5) is 0 Å². The lowest BCUT2D eigenvalue weighted by atomic mass is 10.00. The van der Waals surface area contributed by atoms with E-state index in [2.05, 4.69) is 34.8 Å². The molecule has 0 bridgehead atoms. The van der Waals surface area contributed by atoms with Crippen molar-refractivity contribution in [3.8, 4) is 11.5 Å². The second kappa shape index (κ2) is 6.62. The average Bonchev–Trinajstić information content (AvgIpc) is 2.87. The number of nitrogens with zero attached hydrogens (tertiary/aromatic N) is 2. The maximum atomic E-state index is 5.51. The van der Waals surface area contributed by atoms with Crippen LogP contribution in [0.25, 0.3) is 0 Å². The van der Waals surface area contributed by atoms with Crippen molar-refractivity contribution >= 4 is 0 Å². The van der Waals surface area contributed by atoms with Crippen LogP contribution >= 0.6 is 0 Å². The highest BCUT2D eigenvalue weighted by Gasteiger charge is 2.24. The van der Waals surface area contributed by atoms with Crippen molar-refractivity contribution in [1.29, 1.82) is 0 Å². The molecule has 1 atom stereocenters. The van der Waals surface area contributed by atoms with Gasteiger partial charge in [0.2, 0.25) is 0 Å². The molecule has 23 heavy (non-hydrogen) atoms. The standard InChI is InChI=1S/C18H25N3O2/c1-12-18-16(19-9-10-21(18)13(2)20-12)8-6-14-5-7-15(22-3)11-17(14)23-4/h5,7,11,16,19H,6,8-10H2,1-4H3/t16-/m0/s1. The summed E-state index contributed by atoms with van der Waals surface area (Å²) in [6.07, 6.45) is 1.98. The van der Waals surface area contributed by atoms with Crippen LogP contribution in [0.5, 0.6) is 11.5 Å². The van der Waals surface area contributed by atoms with E-state index in [1.54, 1.807) is 14.2 Å². The smallest absolute Gasteiger partial charge is 0.125 e. The predicted octanol–water partition coefficient (Wildman–Crippen LogP) is 2.79. The number of ether oxygens (including phenoxy) is 2. The van der Waals surface area contributed by atoms with Crippen LogP contribution in [0.2, 0.25) is 0 Å². The minimum Gasteiger partial charge on any atom is -0.497 e. The zero-order chi connectivity index (χ0) is 16.4. The van der Waals surface area contributed by atoms with Crippen LogP contribution < -0.4 is 14.8 Å². The molecule has 5 heteroatoms. The number of rotatable bonds is 5. The molecule has 0 amide bonds. The van der Waals surface area contributed by atoms with Gasteiger partial charge < -0.3 is 19.4 Å². The summed E-state index contributed by atoms with van der Waals surface area (Å²) in [4.78, 5) is 4.64. The number of aromatic nitrogens is 2. The molecule has 1 N–H and O–H groups in total. The summed E-state index contributed by atoms with van der Waals surface area (Å²) >= 11 is 0. The molecule has 2 heterocycles. The van der Waals surface area contributed by atoms with Crippen LogP contribution in [0.1, 0.15) is 35.2 Å². The largest absolute Gasteiger partial charge is 0.497 e. The van der Waals surface area contributed by atoms with Crippen LogP contribution in [0, 0.1) is 13.8 Å². The molecule has 1 aliphatic rings. The number of hydrogen-bond donors (Lipinski definition) is 1. The van der Waals surface area contributed by atoms with Gasteiger partial charge in [-0.2, -0.15) is 0 Å². The van der Waals surface area contributed by atoms with Gasteiger partial charge in [-0.1, -0.05) is 6.07 Å². The van der Waals surface area contributed by atoms with E-state index in [9.17, 15) is 0 Å². The third kappa shape index (κ3) is 3.06. The normalized spacial score (nSPS) is 17.0. The Balaban J connectivity index is 1.77. The van der Waals surface area contributed by atoms with E-state index in [1.165, 1.54) is 11.3 Å². The van der Waals surface area contributed by atoms with Crippen LogP contribution in [0.3, 0.4) is 0 Å². The molecule has 0 spiro atoms. The van der Waals surface area contributed by atoms with Crippen molar-refractivity contribution < 1.29 is 9.47 Å². The number of methoxy groups -OCH3 is 2. The fourth-order valence-electron chi connectivity index (χ4n) is 3.50. The molecule has 0 unspecified atom stereocenters. The van der Waals surface area contributed by atoms with Crippen molar-refractivity contribution in [2.75, 3.05) is 20.8 Å². The molecule has 1 aliphatic heterocycles. The number of nitrogens with one attached hydrogen (secondary N) is 1. The molecular formula is C18H25N3O2. The first-order valence-electron chi connectivity index (χ1n) is 8.12. The highest BCUT2D eigenvalue weighted by atomic mass is 16.5. The summed E-state index contributed by atoms with van der Waals surface area (Å²) < 4.78 is 13.1. The van der Waals surface area contributed by atoms with Crippen LogP contribution in [-0.2, 0) is 13.0 Å². The van der Waals surface area contributed by atoms with E-state index < -0.39 is 0 Å². The molecule has 1 aromatic heterocycles. The first kappa shape index (κ1) is 15.9. The van der Waals surface area contributed by atoms with Gasteiger partial charge in [0.15, 0.2) is 0 Å². The minimum atomic E-state index is 0.344. The van der Waals surface area contributed by atoms with E-state index in [0.29, 0.717) is 6.04 Å². The van der Waals surface area contributed by atoms with Gasteiger partial charge in [0.1, 0.15) is 17.3 Å². The molecule has 0 saturated carbocycles. The van der Waals surface area contributed by atoms with Gasteiger partial charge in [-0.3, -0.25) is 0 Å². The molecule has 0 fully saturated rings. The lowest BCUT2D eigenvalue weighted by Gasteiger charge is -2.27. The van der Waals surface area contributed by atoms with Crippen molar-refractivity contribution in [3.63, 3.8) is 0 Å². The summed E-state index contributed by atoms with van der Waals surface area (Å²) in [5.41, 5.74) is 3.68. The van der Waals surface area contributed by atoms with Gasteiger partial charge in [0.05, 0.1) is 25.6 Å². The van der Waals surface area contributed by atoms with E-state index in [1.807, 2.05) is 12.1 Å². The number of fused-ring (bicyclic) bond motifs is 1. The summed E-state index contributed by atoms with van der Waals surface area (Å²) in [7, 11) is 3.38. The van der Waals surface area contributed by atoms with Gasteiger partial charge in [0.25, 0.3) is 0 Å². The zero-order valence-corrected chi connectivity index (χ0v) is 14.3. The molecule has 3 rings (SSSR count). The highest BCUT2D eigenvalue weighted by molar-refractivity contribution is 5.41. The number of aryl methyl sites for hydroxylation is 3. The van der Waals surface area contributed by atoms with Crippen molar-refractivity contribution in [2.24, 2.45) is 0 Å². The van der Waals surface area contributed by atoms with Gasteiger partial charge in [0, 0.05) is 25.2 Å². The summed E-state index contributed by atoms with van der Waals surface area (Å²) in [6.45, 7) is 6.19. The van der Waals surface area contributed by atoms with E-state index >= 15 is 0 Å². The Kier molecular flexibility index (Phi) is 4.57. The zero-order valence-electron chi connectivity index (χ0n) is 14.3. The van der Waals surface area contributed by atoms with E-state index in [4.69, 9.17) is 9.47 Å². The summed E-state index contributed by atoms with van der Waals surface area (Å²) in [5, 5.41) is 3.63. The first-order valence-corrected chi connectivity index (χ1v) is 8.12. The second-order valence-corrected chi connectivity index (χ2v) is 6.00. The Bertz CT molecular complexity index is 694. The third-order valence-corrected chi connectivity index (χ3v) is 4.63. The fourth-order valence-corrected chi connectivity index (χ4v) is 3.50. The van der Waals surface area contributed by atoms with Gasteiger partial charge in [-0.15, -0.1) is 0 Å². The Morgan fingerprint density at radius 3 is 2.83 bits per heavy atom. The number of benzene rings is 1. The molecular weight excluding hydrogens is 290 g/mol. The first-order chi connectivity index (χ1) is 11.1. The quantitative estimate of drug-likeness (QED) is 0.922. The monoisotopic (exact) mass is 315 g/mol. The van der Waals surface area contributed by atoms with Gasteiger partial charge >= 0.3 is 0 Å². The Morgan fingerprint density at radius 1 is 1.26 bits per heavy atom. The lowest BCUT2D eigenvalue weighted by Crippen LogP contribution is -2.34. The van der Waals surface area contributed by atoms with Gasteiger partial charge in [-0.05, 0) is 38.3 Å². The third-order valence-electron chi connectivity index (χ3n) is 4.63. The predicted molar refractivity (Wildman–Crippen MR) is 90.3 cm³/mol. The summed E-state index contributed by atoms with van der Waals surface area (Å²) in [5.74, 6) is 2.83. The Labute approximate surface area is 137 Å². The van der Waals surface area contributed by atoms with Crippen molar-refractivity contribution in [1.82, 2.24) is 14.9 Å². The van der Waals surface area contributed by atoms with E-state index in [-0.39, 0.29) is 0 Å². The Hall–Kier alpha value is -2.01. The lowest BCUT2D eigenvalue weighted by molar-refractivity contribution is 0.382. The average molecular weight is 315 g/mol. The summed E-state index contributed by atoms with van der Waals surface area (Å²) in [6, 6.07) is 6.38. The van der Waals surface area contributed by atoms with Crippen molar-refractivity contribution in [3.05, 3.63) is 41.0 Å². The van der Waals surface area contributed by atoms with Crippen LogP contribution in [0.15, 0.2) is 18.2 Å². The minimum absolute atomic E-state index is 0.344. The molecule has 0 radical (unpaired) electrons. The molecule has 5 nitrogen and oxygen atoms in total. The van der Waals surface area contributed by atoms with Crippen molar-refractivity contribution in [2.45, 2.75) is 39.3 Å². The molecule has 2 aromatic rings. The second-order valence-electron chi connectivity index (χ2n) is 6.00. The number of imidazole rings is 1. The topological polar surface area (TPSA) is 48.3 Å². The SMILES string of the molecule is COc1ccc(CC[C@@H]2NCCn3c(C)nc(C)c32)c(OC)c1. The maximum Gasteiger partial charge on any atom is 0.125 e.